The minimum absolute atomic E-state index is 0.175. The zero-order valence-electron chi connectivity index (χ0n) is 12.6. The summed E-state index contributed by atoms with van der Waals surface area (Å²) in [4.78, 5) is 20.2. The minimum Gasteiger partial charge on any atom is -0.323 e. The SMILES string of the molecule is C=C(C)C(=O)Nc1ccc(SNc2nc3ccccc3[nH]2)cc1. The number of aromatic amines is 1. The van der Waals surface area contributed by atoms with E-state index >= 15 is 0 Å². The quantitative estimate of drug-likeness (QED) is 0.486. The number of rotatable bonds is 5. The molecule has 0 saturated heterocycles. The summed E-state index contributed by atoms with van der Waals surface area (Å²) in [6, 6.07) is 15.4. The topological polar surface area (TPSA) is 69.8 Å². The maximum atomic E-state index is 11.6. The van der Waals surface area contributed by atoms with E-state index in [1.54, 1.807) is 6.92 Å². The number of carbonyl (C=O) groups is 1. The van der Waals surface area contributed by atoms with E-state index < -0.39 is 0 Å². The Bertz CT molecular complexity index is 821. The Morgan fingerprint density at radius 3 is 2.61 bits per heavy atom. The first-order valence-corrected chi connectivity index (χ1v) is 7.88. The predicted molar refractivity (Wildman–Crippen MR) is 95.5 cm³/mol. The van der Waals surface area contributed by atoms with Crippen LogP contribution in [0.25, 0.3) is 11.0 Å². The van der Waals surface area contributed by atoms with Crippen LogP contribution in [0.4, 0.5) is 11.6 Å². The third-order valence-electron chi connectivity index (χ3n) is 3.15. The van der Waals surface area contributed by atoms with Crippen LogP contribution in [-0.4, -0.2) is 15.9 Å². The van der Waals surface area contributed by atoms with Crippen molar-refractivity contribution in [2.24, 2.45) is 0 Å². The van der Waals surface area contributed by atoms with Gasteiger partial charge >= 0.3 is 0 Å². The van der Waals surface area contributed by atoms with Crippen molar-refractivity contribution in [3.63, 3.8) is 0 Å². The molecule has 0 saturated carbocycles. The molecule has 23 heavy (non-hydrogen) atoms. The smallest absolute Gasteiger partial charge is 0.250 e. The van der Waals surface area contributed by atoms with Gasteiger partial charge in [-0.1, -0.05) is 18.7 Å². The molecule has 1 aromatic heterocycles. The van der Waals surface area contributed by atoms with Gasteiger partial charge in [-0.25, -0.2) is 4.98 Å². The highest BCUT2D eigenvalue weighted by Gasteiger charge is 2.04. The van der Waals surface area contributed by atoms with Crippen molar-refractivity contribution in [1.29, 1.82) is 0 Å². The molecule has 0 radical (unpaired) electrons. The molecule has 3 aromatic rings. The molecular formula is C17H16N4OS. The van der Waals surface area contributed by atoms with E-state index in [1.807, 2.05) is 48.5 Å². The van der Waals surface area contributed by atoms with Crippen LogP contribution >= 0.6 is 11.9 Å². The number of amides is 1. The molecule has 1 heterocycles. The minimum atomic E-state index is -0.175. The van der Waals surface area contributed by atoms with Crippen molar-refractivity contribution in [2.45, 2.75) is 11.8 Å². The molecule has 0 aliphatic rings. The highest BCUT2D eigenvalue weighted by atomic mass is 32.2. The first-order chi connectivity index (χ1) is 11.1. The van der Waals surface area contributed by atoms with Gasteiger partial charge in [0.2, 0.25) is 5.95 Å². The average molecular weight is 324 g/mol. The number of para-hydroxylation sites is 2. The monoisotopic (exact) mass is 324 g/mol. The zero-order chi connectivity index (χ0) is 16.2. The van der Waals surface area contributed by atoms with E-state index in [4.69, 9.17) is 0 Å². The molecule has 0 atom stereocenters. The number of carbonyl (C=O) groups excluding carboxylic acids is 1. The number of hydrogen-bond donors (Lipinski definition) is 3. The van der Waals surface area contributed by atoms with E-state index in [0.29, 0.717) is 11.5 Å². The predicted octanol–water partition coefficient (Wildman–Crippen LogP) is 4.20. The van der Waals surface area contributed by atoms with Crippen LogP contribution in [0.3, 0.4) is 0 Å². The van der Waals surface area contributed by atoms with Crippen molar-refractivity contribution < 1.29 is 4.79 Å². The molecule has 6 heteroatoms. The van der Waals surface area contributed by atoms with Crippen molar-refractivity contribution in [2.75, 3.05) is 10.0 Å². The van der Waals surface area contributed by atoms with Crippen LogP contribution in [0.1, 0.15) is 6.92 Å². The lowest BCUT2D eigenvalue weighted by Crippen LogP contribution is -2.11. The van der Waals surface area contributed by atoms with Crippen LogP contribution in [-0.2, 0) is 4.79 Å². The summed E-state index contributed by atoms with van der Waals surface area (Å²) in [6.45, 7) is 5.29. The van der Waals surface area contributed by atoms with E-state index in [-0.39, 0.29) is 5.91 Å². The van der Waals surface area contributed by atoms with Gasteiger partial charge in [-0.2, -0.15) is 0 Å². The Labute approximate surface area is 138 Å². The van der Waals surface area contributed by atoms with Gasteiger partial charge in [-0.3, -0.25) is 9.52 Å². The molecule has 3 N–H and O–H groups in total. The van der Waals surface area contributed by atoms with Gasteiger partial charge in [0.05, 0.1) is 11.0 Å². The van der Waals surface area contributed by atoms with Gasteiger partial charge in [0.1, 0.15) is 0 Å². The molecule has 116 valence electrons. The number of hydrogen-bond acceptors (Lipinski definition) is 4. The molecule has 0 bridgehead atoms. The number of anilines is 2. The number of H-pyrrole nitrogens is 1. The van der Waals surface area contributed by atoms with Gasteiger partial charge in [0.25, 0.3) is 5.91 Å². The number of fused-ring (bicyclic) bond motifs is 1. The second-order valence-electron chi connectivity index (χ2n) is 5.07. The fourth-order valence-electron chi connectivity index (χ4n) is 1.95. The Hall–Kier alpha value is -2.73. The van der Waals surface area contributed by atoms with Crippen molar-refractivity contribution in [3.05, 3.63) is 60.7 Å². The first kappa shape index (κ1) is 15.2. The second-order valence-corrected chi connectivity index (χ2v) is 5.95. The van der Waals surface area contributed by atoms with Gasteiger partial charge in [-0.15, -0.1) is 0 Å². The Balaban J connectivity index is 1.62. The maximum Gasteiger partial charge on any atom is 0.250 e. The zero-order valence-corrected chi connectivity index (χ0v) is 13.4. The van der Waals surface area contributed by atoms with E-state index in [0.717, 1.165) is 21.6 Å². The summed E-state index contributed by atoms with van der Waals surface area (Å²) >= 11 is 1.45. The van der Waals surface area contributed by atoms with Crippen molar-refractivity contribution in [1.82, 2.24) is 9.97 Å². The molecular weight excluding hydrogens is 308 g/mol. The number of nitrogens with one attached hydrogen (secondary N) is 3. The van der Waals surface area contributed by atoms with Crippen molar-refractivity contribution >= 4 is 40.5 Å². The van der Waals surface area contributed by atoms with E-state index in [2.05, 4.69) is 26.6 Å². The Morgan fingerprint density at radius 1 is 1.17 bits per heavy atom. The number of benzene rings is 2. The average Bonchev–Trinajstić information content (AvgIpc) is 2.97. The number of nitrogens with zero attached hydrogens (tertiary/aromatic N) is 1. The summed E-state index contributed by atoms with van der Waals surface area (Å²) in [5, 5.41) is 2.77. The Morgan fingerprint density at radius 2 is 1.91 bits per heavy atom. The number of aromatic nitrogens is 2. The third-order valence-corrected chi connectivity index (χ3v) is 3.96. The molecule has 5 nitrogen and oxygen atoms in total. The van der Waals surface area contributed by atoms with Crippen LogP contribution in [0.5, 0.6) is 0 Å². The van der Waals surface area contributed by atoms with Crippen LogP contribution < -0.4 is 10.0 Å². The second kappa shape index (κ2) is 6.58. The lowest BCUT2D eigenvalue weighted by Gasteiger charge is -2.06. The number of imidazole rings is 1. The molecule has 3 rings (SSSR count). The summed E-state index contributed by atoms with van der Waals surface area (Å²) in [5.74, 6) is 0.529. The first-order valence-electron chi connectivity index (χ1n) is 7.06. The third kappa shape index (κ3) is 3.73. The Kier molecular flexibility index (Phi) is 4.34. The molecule has 0 unspecified atom stereocenters. The highest BCUT2D eigenvalue weighted by Crippen LogP contribution is 2.23. The summed E-state index contributed by atoms with van der Waals surface area (Å²) in [6.07, 6.45) is 0. The lowest BCUT2D eigenvalue weighted by atomic mass is 10.3. The van der Waals surface area contributed by atoms with Gasteiger partial charge in [-0.05, 0) is 55.3 Å². The van der Waals surface area contributed by atoms with Crippen LogP contribution in [0.2, 0.25) is 0 Å². The largest absolute Gasteiger partial charge is 0.323 e. The molecule has 0 spiro atoms. The standard InChI is InChI=1S/C17H16N4OS/c1-11(2)16(22)18-12-7-9-13(10-8-12)23-21-17-19-14-5-3-4-6-15(14)20-17/h3-10H,1H2,2H3,(H,18,22)(H2,19,20,21). The molecule has 0 aliphatic carbocycles. The summed E-state index contributed by atoms with van der Waals surface area (Å²) in [5.41, 5.74) is 3.14. The normalized spacial score (nSPS) is 10.5. The maximum absolute atomic E-state index is 11.6. The van der Waals surface area contributed by atoms with Gasteiger partial charge < -0.3 is 10.3 Å². The lowest BCUT2D eigenvalue weighted by molar-refractivity contribution is -0.112. The van der Waals surface area contributed by atoms with Gasteiger partial charge in [0, 0.05) is 16.2 Å². The highest BCUT2D eigenvalue weighted by molar-refractivity contribution is 8.00. The van der Waals surface area contributed by atoms with E-state index in [1.165, 1.54) is 11.9 Å². The molecule has 1 amide bonds. The van der Waals surface area contributed by atoms with E-state index in [9.17, 15) is 4.79 Å². The fourth-order valence-corrected chi connectivity index (χ4v) is 2.54. The van der Waals surface area contributed by atoms with Crippen LogP contribution in [0.15, 0.2) is 65.6 Å². The van der Waals surface area contributed by atoms with Gasteiger partial charge in [0.15, 0.2) is 0 Å². The molecule has 2 aromatic carbocycles. The summed E-state index contributed by atoms with van der Waals surface area (Å²) < 4.78 is 3.18. The molecule has 0 aliphatic heterocycles. The summed E-state index contributed by atoms with van der Waals surface area (Å²) in [7, 11) is 0. The van der Waals surface area contributed by atoms with Crippen LogP contribution in [0, 0.1) is 0 Å². The van der Waals surface area contributed by atoms with Crippen molar-refractivity contribution in [3.8, 4) is 0 Å². The fraction of sp³-hybridized carbons (Fsp3) is 0.0588. The molecule has 0 fully saturated rings.